The van der Waals surface area contributed by atoms with Gasteiger partial charge in [-0.3, -0.25) is 4.79 Å². The number of halogens is 2. The highest BCUT2D eigenvalue weighted by atomic mass is 19.1. The first kappa shape index (κ1) is 19.5. The first-order valence-electron chi connectivity index (χ1n) is 8.02. The minimum Gasteiger partial charge on any atom is -0.497 e. The van der Waals surface area contributed by atoms with Gasteiger partial charge in [0.1, 0.15) is 17.2 Å². The largest absolute Gasteiger partial charge is 0.497 e. The van der Waals surface area contributed by atoms with Gasteiger partial charge in [0.15, 0.2) is 11.6 Å². The van der Waals surface area contributed by atoms with Gasteiger partial charge in [0.05, 0.1) is 14.2 Å². The normalized spacial score (nSPS) is 10.4. The van der Waals surface area contributed by atoms with Crippen LogP contribution in [0.5, 0.6) is 11.5 Å². The molecule has 2 aromatic rings. The number of anilines is 2. The number of ether oxygens (including phenoxy) is 2. The standard InChI is InChI=1S/C19H22F2N2O3/c1-23(2)19-15(20)10-13(11-16(19)21)22-18(24)8-5-12-9-14(25-3)6-7-17(12)26-4/h6-7,9-11H,5,8H2,1-4H3,(H,22,24). The predicted octanol–water partition coefficient (Wildman–Crippen LogP) is 3.62. The molecule has 140 valence electrons. The van der Waals surface area contributed by atoms with E-state index in [2.05, 4.69) is 5.32 Å². The lowest BCUT2D eigenvalue weighted by Crippen LogP contribution is -2.16. The summed E-state index contributed by atoms with van der Waals surface area (Å²) in [4.78, 5) is 13.5. The maximum atomic E-state index is 14.0. The molecule has 0 radical (unpaired) electrons. The number of carbonyl (C=O) groups is 1. The first-order chi connectivity index (χ1) is 12.3. The van der Waals surface area contributed by atoms with Gasteiger partial charge in [-0.2, -0.15) is 0 Å². The molecule has 5 nitrogen and oxygen atoms in total. The van der Waals surface area contributed by atoms with E-state index in [4.69, 9.17) is 9.47 Å². The van der Waals surface area contributed by atoms with Gasteiger partial charge in [-0.05, 0) is 42.3 Å². The molecular weight excluding hydrogens is 342 g/mol. The van der Waals surface area contributed by atoms with Crippen molar-refractivity contribution < 1.29 is 23.0 Å². The zero-order valence-electron chi connectivity index (χ0n) is 15.2. The van der Waals surface area contributed by atoms with Gasteiger partial charge in [-0.1, -0.05) is 0 Å². The van der Waals surface area contributed by atoms with Crippen LogP contribution in [-0.2, 0) is 11.2 Å². The van der Waals surface area contributed by atoms with Crippen LogP contribution in [0.25, 0.3) is 0 Å². The van der Waals surface area contributed by atoms with Crippen molar-refractivity contribution in [3.05, 3.63) is 47.5 Å². The van der Waals surface area contributed by atoms with E-state index in [9.17, 15) is 13.6 Å². The number of amides is 1. The molecule has 0 heterocycles. The monoisotopic (exact) mass is 364 g/mol. The number of hydrogen-bond donors (Lipinski definition) is 1. The summed E-state index contributed by atoms with van der Waals surface area (Å²) in [6.07, 6.45) is 0.523. The first-order valence-corrected chi connectivity index (χ1v) is 8.02. The van der Waals surface area contributed by atoms with Crippen molar-refractivity contribution in [1.29, 1.82) is 0 Å². The minimum atomic E-state index is -0.736. The molecule has 0 unspecified atom stereocenters. The number of hydrogen-bond acceptors (Lipinski definition) is 4. The van der Waals surface area contributed by atoms with E-state index in [1.807, 2.05) is 0 Å². The minimum absolute atomic E-state index is 0.0770. The van der Waals surface area contributed by atoms with Crippen molar-refractivity contribution in [1.82, 2.24) is 0 Å². The maximum absolute atomic E-state index is 14.0. The molecule has 1 N–H and O–H groups in total. The van der Waals surface area contributed by atoms with E-state index < -0.39 is 11.6 Å². The SMILES string of the molecule is COc1ccc(OC)c(CCC(=O)Nc2cc(F)c(N(C)C)c(F)c2)c1. The second-order valence-corrected chi connectivity index (χ2v) is 5.91. The lowest BCUT2D eigenvalue weighted by Gasteiger charge is -2.16. The lowest BCUT2D eigenvalue weighted by molar-refractivity contribution is -0.116. The molecule has 0 fully saturated rings. The Morgan fingerprint density at radius 1 is 1.08 bits per heavy atom. The van der Waals surface area contributed by atoms with Crippen molar-refractivity contribution in [2.75, 3.05) is 38.5 Å². The molecule has 0 saturated carbocycles. The molecular formula is C19H22F2N2O3. The quantitative estimate of drug-likeness (QED) is 0.815. The zero-order valence-corrected chi connectivity index (χ0v) is 15.2. The summed E-state index contributed by atoms with van der Waals surface area (Å²) in [7, 11) is 6.19. The molecule has 0 aromatic heterocycles. The third-order valence-corrected chi connectivity index (χ3v) is 3.86. The van der Waals surface area contributed by atoms with Crippen molar-refractivity contribution in [2.45, 2.75) is 12.8 Å². The third kappa shape index (κ3) is 4.62. The van der Waals surface area contributed by atoms with E-state index in [-0.39, 0.29) is 23.7 Å². The van der Waals surface area contributed by atoms with Gasteiger partial charge in [0.2, 0.25) is 5.91 Å². The Labute approximate surface area is 151 Å². The number of nitrogens with one attached hydrogen (secondary N) is 1. The van der Waals surface area contributed by atoms with Gasteiger partial charge in [-0.15, -0.1) is 0 Å². The lowest BCUT2D eigenvalue weighted by atomic mass is 10.1. The number of carbonyl (C=O) groups excluding carboxylic acids is 1. The van der Waals surface area contributed by atoms with Crippen LogP contribution in [0.2, 0.25) is 0 Å². The van der Waals surface area contributed by atoms with E-state index in [0.717, 1.165) is 17.7 Å². The second-order valence-electron chi connectivity index (χ2n) is 5.91. The number of benzene rings is 2. The van der Waals surface area contributed by atoms with Gasteiger partial charge >= 0.3 is 0 Å². The van der Waals surface area contributed by atoms with Crippen LogP contribution in [0.15, 0.2) is 30.3 Å². The smallest absolute Gasteiger partial charge is 0.224 e. The average Bonchev–Trinajstić information content (AvgIpc) is 2.58. The number of methoxy groups -OCH3 is 2. The Bertz CT molecular complexity index is 771. The fourth-order valence-electron chi connectivity index (χ4n) is 2.61. The highest BCUT2D eigenvalue weighted by Crippen LogP contribution is 2.27. The Kier molecular flexibility index (Phi) is 6.38. The van der Waals surface area contributed by atoms with Crippen molar-refractivity contribution in [2.24, 2.45) is 0 Å². The Morgan fingerprint density at radius 2 is 1.73 bits per heavy atom. The summed E-state index contributed by atoms with van der Waals surface area (Å²) in [5.74, 6) is -0.526. The summed E-state index contributed by atoms with van der Waals surface area (Å²) in [5.41, 5.74) is 0.736. The summed E-state index contributed by atoms with van der Waals surface area (Å²) in [5, 5.41) is 2.52. The highest BCUT2D eigenvalue weighted by Gasteiger charge is 2.15. The predicted molar refractivity (Wildman–Crippen MR) is 97.2 cm³/mol. The molecule has 2 rings (SSSR count). The second kappa shape index (κ2) is 8.51. The summed E-state index contributed by atoms with van der Waals surface area (Å²) >= 11 is 0. The third-order valence-electron chi connectivity index (χ3n) is 3.86. The summed E-state index contributed by atoms with van der Waals surface area (Å²) in [6.45, 7) is 0. The molecule has 2 aromatic carbocycles. The van der Waals surface area contributed by atoms with Gasteiger partial charge in [-0.25, -0.2) is 8.78 Å². The van der Waals surface area contributed by atoms with Crippen molar-refractivity contribution in [3.8, 4) is 11.5 Å². The summed E-state index contributed by atoms with van der Waals surface area (Å²) in [6, 6.07) is 7.51. The fourth-order valence-corrected chi connectivity index (χ4v) is 2.61. The highest BCUT2D eigenvalue weighted by molar-refractivity contribution is 5.91. The van der Waals surface area contributed by atoms with Crippen LogP contribution in [0, 0.1) is 11.6 Å². The van der Waals surface area contributed by atoms with E-state index >= 15 is 0 Å². The van der Waals surface area contributed by atoms with Crippen LogP contribution >= 0.6 is 0 Å². The zero-order chi connectivity index (χ0) is 19.3. The topological polar surface area (TPSA) is 50.8 Å². The molecule has 7 heteroatoms. The Balaban J connectivity index is 2.06. The molecule has 0 atom stereocenters. The molecule has 1 amide bonds. The van der Waals surface area contributed by atoms with Gasteiger partial charge in [0.25, 0.3) is 0 Å². The Hall–Kier alpha value is -2.83. The number of aryl methyl sites for hydroxylation is 1. The molecule has 0 bridgehead atoms. The molecule has 0 saturated heterocycles. The molecule has 26 heavy (non-hydrogen) atoms. The summed E-state index contributed by atoms with van der Waals surface area (Å²) < 4.78 is 38.4. The average molecular weight is 364 g/mol. The molecule has 0 aliphatic rings. The number of rotatable bonds is 7. The van der Waals surface area contributed by atoms with Crippen molar-refractivity contribution >= 4 is 17.3 Å². The van der Waals surface area contributed by atoms with Crippen LogP contribution in [0.3, 0.4) is 0 Å². The van der Waals surface area contributed by atoms with E-state index in [0.29, 0.717) is 17.9 Å². The Morgan fingerprint density at radius 3 is 2.27 bits per heavy atom. The van der Waals surface area contributed by atoms with Crippen LogP contribution in [0.4, 0.5) is 20.2 Å². The number of nitrogens with zero attached hydrogens (tertiary/aromatic N) is 1. The molecule has 0 spiro atoms. The molecule has 0 aliphatic heterocycles. The van der Waals surface area contributed by atoms with Crippen LogP contribution < -0.4 is 19.7 Å². The maximum Gasteiger partial charge on any atom is 0.224 e. The van der Waals surface area contributed by atoms with E-state index in [1.54, 1.807) is 46.5 Å². The fraction of sp³-hybridized carbons (Fsp3) is 0.316. The van der Waals surface area contributed by atoms with Crippen LogP contribution in [-0.4, -0.2) is 34.2 Å². The molecule has 0 aliphatic carbocycles. The van der Waals surface area contributed by atoms with E-state index in [1.165, 1.54) is 4.90 Å². The van der Waals surface area contributed by atoms with Gasteiger partial charge < -0.3 is 19.7 Å². The van der Waals surface area contributed by atoms with Gasteiger partial charge in [0, 0.05) is 26.2 Å². The van der Waals surface area contributed by atoms with Crippen molar-refractivity contribution in [3.63, 3.8) is 0 Å². The van der Waals surface area contributed by atoms with Crippen LogP contribution in [0.1, 0.15) is 12.0 Å².